The number of aromatic nitrogens is 2. The molecule has 0 radical (unpaired) electrons. The smallest absolute Gasteiger partial charge is 0.226 e. The molecule has 0 saturated carbocycles. The summed E-state index contributed by atoms with van der Waals surface area (Å²) in [6.45, 7) is 7.54. The van der Waals surface area contributed by atoms with Crippen LogP contribution in [0.3, 0.4) is 0 Å². The molecular weight excluding hydrogens is 250 g/mol. The van der Waals surface area contributed by atoms with Crippen LogP contribution in [0.1, 0.15) is 39.3 Å². The van der Waals surface area contributed by atoms with Crippen LogP contribution in [-0.4, -0.2) is 26.7 Å². The van der Waals surface area contributed by atoms with Crippen LogP contribution in [-0.2, 0) is 11.3 Å². The van der Waals surface area contributed by atoms with Crippen molar-refractivity contribution in [3.63, 3.8) is 0 Å². The Morgan fingerprint density at radius 2 is 2.05 bits per heavy atom. The van der Waals surface area contributed by atoms with Gasteiger partial charge in [0.2, 0.25) is 5.91 Å². The minimum absolute atomic E-state index is 0.133. The van der Waals surface area contributed by atoms with Crippen molar-refractivity contribution >= 4 is 11.6 Å². The van der Waals surface area contributed by atoms with Gasteiger partial charge in [-0.2, -0.15) is 0 Å². The van der Waals surface area contributed by atoms with Gasteiger partial charge in [-0.1, -0.05) is 19.9 Å². The van der Waals surface area contributed by atoms with Gasteiger partial charge >= 0.3 is 0 Å². The molecule has 0 aliphatic carbocycles. The Morgan fingerprint density at radius 3 is 2.70 bits per heavy atom. The summed E-state index contributed by atoms with van der Waals surface area (Å²) >= 11 is 0. The number of pyridine rings is 1. The molecule has 20 heavy (non-hydrogen) atoms. The zero-order valence-corrected chi connectivity index (χ0v) is 12.5. The van der Waals surface area contributed by atoms with Gasteiger partial charge in [0.15, 0.2) is 0 Å². The van der Waals surface area contributed by atoms with E-state index in [1.807, 2.05) is 46.8 Å². The fraction of sp³-hybridized carbons (Fsp3) is 0.500. The van der Waals surface area contributed by atoms with E-state index in [-0.39, 0.29) is 11.8 Å². The molecule has 2 aromatic rings. The Labute approximate surface area is 120 Å². The Balaban J connectivity index is 2.20. The van der Waals surface area contributed by atoms with Gasteiger partial charge in [-0.25, -0.2) is 4.98 Å². The van der Waals surface area contributed by atoms with E-state index in [1.165, 1.54) is 0 Å². The van der Waals surface area contributed by atoms with Crippen LogP contribution in [0.4, 0.5) is 0 Å². The van der Waals surface area contributed by atoms with Gasteiger partial charge in [0, 0.05) is 18.7 Å². The third-order valence-corrected chi connectivity index (χ3v) is 3.87. The lowest BCUT2D eigenvalue weighted by molar-refractivity contribution is -0.136. The molecule has 2 aromatic heterocycles. The van der Waals surface area contributed by atoms with Gasteiger partial charge in [0.25, 0.3) is 0 Å². The van der Waals surface area contributed by atoms with Gasteiger partial charge in [0.05, 0.1) is 18.4 Å². The van der Waals surface area contributed by atoms with Gasteiger partial charge in [-0.05, 0) is 31.9 Å². The summed E-state index contributed by atoms with van der Waals surface area (Å²) in [6, 6.07) is 5.93. The first kappa shape index (κ1) is 14.6. The summed E-state index contributed by atoms with van der Waals surface area (Å²) < 4.78 is 2.04. The predicted octanol–water partition coefficient (Wildman–Crippen LogP) is 3.12. The van der Waals surface area contributed by atoms with Crippen molar-refractivity contribution in [1.29, 1.82) is 0 Å². The summed E-state index contributed by atoms with van der Waals surface area (Å²) in [7, 11) is 0. The highest BCUT2D eigenvalue weighted by molar-refractivity contribution is 5.78. The average Bonchev–Trinajstić information content (AvgIpc) is 2.89. The fourth-order valence-corrected chi connectivity index (χ4v) is 2.54. The van der Waals surface area contributed by atoms with Crippen molar-refractivity contribution in [3.05, 3.63) is 36.3 Å². The van der Waals surface area contributed by atoms with Crippen molar-refractivity contribution < 1.29 is 4.79 Å². The molecule has 0 fully saturated rings. The van der Waals surface area contributed by atoms with E-state index >= 15 is 0 Å². The van der Waals surface area contributed by atoms with Crippen molar-refractivity contribution in [2.24, 2.45) is 5.92 Å². The number of fused-ring (bicyclic) bond motifs is 1. The number of hydrogen-bond donors (Lipinski definition) is 0. The molecular formula is C16H23N3O. The SMILES string of the molecule is CCC(CC)C(=O)N(CC)Cc1cnc2ccccn12. The molecule has 0 atom stereocenters. The number of amides is 1. The summed E-state index contributed by atoms with van der Waals surface area (Å²) in [5, 5.41) is 0. The molecule has 0 unspecified atom stereocenters. The molecule has 1 amide bonds. The molecule has 108 valence electrons. The van der Waals surface area contributed by atoms with Crippen LogP contribution in [0.2, 0.25) is 0 Å². The Morgan fingerprint density at radius 1 is 1.30 bits per heavy atom. The highest BCUT2D eigenvalue weighted by Gasteiger charge is 2.21. The maximum atomic E-state index is 12.5. The third-order valence-electron chi connectivity index (χ3n) is 3.87. The zero-order chi connectivity index (χ0) is 14.5. The summed E-state index contributed by atoms with van der Waals surface area (Å²) in [5.41, 5.74) is 1.98. The zero-order valence-electron chi connectivity index (χ0n) is 12.5. The Kier molecular flexibility index (Phi) is 4.77. The summed E-state index contributed by atoms with van der Waals surface area (Å²) in [5.74, 6) is 0.387. The van der Waals surface area contributed by atoms with E-state index in [0.29, 0.717) is 6.54 Å². The van der Waals surface area contributed by atoms with Crippen molar-refractivity contribution in [2.45, 2.75) is 40.2 Å². The standard InChI is InChI=1S/C16H23N3O/c1-4-13(5-2)16(20)18(6-3)12-14-11-17-15-9-7-8-10-19(14)15/h7-11,13H,4-6,12H2,1-3H3. The maximum Gasteiger partial charge on any atom is 0.226 e. The molecule has 0 saturated heterocycles. The van der Waals surface area contributed by atoms with Crippen LogP contribution < -0.4 is 0 Å². The number of rotatable bonds is 6. The molecule has 2 heterocycles. The number of carbonyl (C=O) groups is 1. The summed E-state index contributed by atoms with van der Waals surface area (Å²) in [6.07, 6.45) is 5.66. The monoisotopic (exact) mass is 273 g/mol. The molecule has 4 nitrogen and oxygen atoms in total. The largest absolute Gasteiger partial charge is 0.337 e. The second-order valence-corrected chi connectivity index (χ2v) is 5.04. The van der Waals surface area contributed by atoms with Gasteiger partial charge in [-0.15, -0.1) is 0 Å². The lowest BCUT2D eigenvalue weighted by Crippen LogP contribution is -2.35. The summed E-state index contributed by atoms with van der Waals surface area (Å²) in [4.78, 5) is 18.8. The Hall–Kier alpha value is -1.84. The van der Waals surface area contributed by atoms with E-state index < -0.39 is 0 Å². The first-order chi connectivity index (χ1) is 9.71. The second-order valence-electron chi connectivity index (χ2n) is 5.04. The van der Waals surface area contributed by atoms with Crippen LogP contribution in [0.5, 0.6) is 0 Å². The third kappa shape index (κ3) is 2.84. The van der Waals surface area contributed by atoms with Crippen molar-refractivity contribution in [2.75, 3.05) is 6.54 Å². The molecule has 0 spiro atoms. The van der Waals surface area contributed by atoms with E-state index in [2.05, 4.69) is 18.8 Å². The molecule has 0 aliphatic rings. The molecule has 0 aromatic carbocycles. The first-order valence-corrected chi connectivity index (χ1v) is 7.40. The fourth-order valence-electron chi connectivity index (χ4n) is 2.54. The van der Waals surface area contributed by atoms with E-state index in [0.717, 1.165) is 30.7 Å². The van der Waals surface area contributed by atoms with Crippen LogP contribution in [0.15, 0.2) is 30.6 Å². The lowest BCUT2D eigenvalue weighted by atomic mass is 10.0. The molecule has 0 N–H and O–H groups in total. The number of imidazole rings is 1. The van der Waals surface area contributed by atoms with E-state index in [4.69, 9.17) is 0 Å². The minimum atomic E-state index is 0.133. The van der Waals surface area contributed by atoms with Crippen LogP contribution in [0, 0.1) is 5.92 Å². The highest BCUT2D eigenvalue weighted by Crippen LogP contribution is 2.15. The molecule has 0 aliphatic heterocycles. The topological polar surface area (TPSA) is 37.6 Å². The Bertz CT molecular complexity index is 572. The maximum absolute atomic E-state index is 12.5. The molecule has 0 bridgehead atoms. The predicted molar refractivity (Wildman–Crippen MR) is 80.4 cm³/mol. The number of nitrogens with zero attached hydrogens (tertiary/aromatic N) is 3. The average molecular weight is 273 g/mol. The van der Waals surface area contributed by atoms with Crippen molar-refractivity contribution in [3.8, 4) is 0 Å². The normalized spacial score (nSPS) is 11.2. The van der Waals surface area contributed by atoms with Crippen molar-refractivity contribution in [1.82, 2.24) is 14.3 Å². The van der Waals surface area contributed by atoms with E-state index in [1.54, 1.807) is 0 Å². The van der Waals surface area contributed by atoms with Gasteiger partial charge < -0.3 is 9.30 Å². The highest BCUT2D eigenvalue weighted by atomic mass is 16.2. The first-order valence-electron chi connectivity index (χ1n) is 7.40. The van der Waals surface area contributed by atoms with Gasteiger partial charge in [-0.3, -0.25) is 4.79 Å². The molecule has 2 rings (SSSR count). The van der Waals surface area contributed by atoms with Crippen LogP contribution in [0.25, 0.3) is 5.65 Å². The minimum Gasteiger partial charge on any atom is -0.337 e. The quantitative estimate of drug-likeness (QED) is 0.811. The van der Waals surface area contributed by atoms with Crippen LogP contribution >= 0.6 is 0 Å². The van der Waals surface area contributed by atoms with E-state index in [9.17, 15) is 4.79 Å². The lowest BCUT2D eigenvalue weighted by Gasteiger charge is -2.25. The number of hydrogen-bond acceptors (Lipinski definition) is 2. The van der Waals surface area contributed by atoms with Gasteiger partial charge in [0.1, 0.15) is 5.65 Å². The molecule has 4 heteroatoms. The second kappa shape index (κ2) is 6.55. The number of carbonyl (C=O) groups excluding carboxylic acids is 1.